The molecule has 1 aromatic rings. The second-order valence-electron chi connectivity index (χ2n) is 6.77. The Morgan fingerprint density at radius 1 is 1.31 bits per heavy atom. The van der Waals surface area contributed by atoms with Crippen LogP contribution in [0.15, 0.2) is 12.1 Å². The van der Waals surface area contributed by atoms with Crippen molar-refractivity contribution in [1.29, 1.82) is 0 Å². The number of amides is 1. The van der Waals surface area contributed by atoms with Crippen LogP contribution >= 0.6 is 0 Å². The number of aliphatic carboxylic acids is 1. The van der Waals surface area contributed by atoms with E-state index in [2.05, 4.69) is 5.32 Å². The highest BCUT2D eigenvalue weighted by Crippen LogP contribution is 2.32. The van der Waals surface area contributed by atoms with E-state index in [-0.39, 0.29) is 24.4 Å². The Hall–Kier alpha value is -2.28. The zero-order chi connectivity index (χ0) is 19.3. The number of hydrogen-bond donors (Lipinski definition) is 2. The molecule has 1 heterocycles. The lowest BCUT2D eigenvalue weighted by Crippen LogP contribution is -2.44. The molecule has 1 aromatic carbocycles. The van der Waals surface area contributed by atoms with Gasteiger partial charge in [-0.2, -0.15) is 0 Å². The average molecular weight is 364 g/mol. The summed E-state index contributed by atoms with van der Waals surface area (Å²) in [5.41, 5.74) is 1.96. The number of benzene rings is 1. The molecule has 0 aliphatic carbocycles. The third-order valence-electron chi connectivity index (χ3n) is 4.84. The van der Waals surface area contributed by atoms with Crippen LogP contribution in [-0.4, -0.2) is 55.7 Å². The molecule has 2 N–H and O–H groups in total. The molecule has 0 saturated carbocycles. The molecule has 2 unspecified atom stereocenters. The molecule has 0 bridgehead atoms. The fourth-order valence-electron chi connectivity index (χ4n) is 3.43. The van der Waals surface area contributed by atoms with Crippen molar-refractivity contribution in [2.24, 2.45) is 5.92 Å². The molecule has 1 saturated heterocycles. The van der Waals surface area contributed by atoms with Crippen LogP contribution in [0.5, 0.6) is 11.5 Å². The Kier molecular flexibility index (Phi) is 6.85. The van der Waals surface area contributed by atoms with E-state index in [9.17, 15) is 9.59 Å². The number of likely N-dealkylation sites (tertiary alicyclic amines) is 1. The predicted octanol–water partition coefficient (Wildman–Crippen LogP) is 1.99. The molecule has 0 radical (unpaired) electrons. The normalized spacial score (nSPS) is 18.8. The fraction of sp³-hybridized carbons (Fsp3) is 0.579. The van der Waals surface area contributed by atoms with Gasteiger partial charge in [0.05, 0.1) is 32.7 Å². The molecule has 2 rings (SSSR count). The van der Waals surface area contributed by atoms with Crippen molar-refractivity contribution >= 4 is 11.9 Å². The van der Waals surface area contributed by atoms with E-state index in [1.807, 2.05) is 30.9 Å². The van der Waals surface area contributed by atoms with Crippen LogP contribution in [0.25, 0.3) is 0 Å². The third-order valence-corrected chi connectivity index (χ3v) is 4.84. The van der Waals surface area contributed by atoms with Crippen molar-refractivity contribution in [3.63, 3.8) is 0 Å². The van der Waals surface area contributed by atoms with Gasteiger partial charge in [-0.05, 0) is 56.5 Å². The van der Waals surface area contributed by atoms with Crippen molar-refractivity contribution in [2.75, 3.05) is 33.9 Å². The van der Waals surface area contributed by atoms with Gasteiger partial charge >= 0.3 is 5.97 Å². The Morgan fingerprint density at radius 2 is 1.96 bits per heavy atom. The summed E-state index contributed by atoms with van der Waals surface area (Å²) in [7, 11) is 3.17. The van der Waals surface area contributed by atoms with Gasteiger partial charge in [-0.1, -0.05) is 0 Å². The second-order valence-corrected chi connectivity index (χ2v) is 6.77. The Bertz CT molecular complexity index is 662. The van der Waals surface area contributed by atoms with E-state index in [1.54, 1.807) is 14.2 Å². The van der Waals surface area contributed by atoms with E-state index < -0.39 is 5.97 Å². The first-order valence-electron chi connectivity index (χ1n) is 8.82. The van der Waals surface area contributed by atoms with Crippen LogP contribution in [0.3, 0.4) is 0 Å². The number of piperidine rings is 1. The molecule has 7 nitrogen and oxygen atoms in total. The van der Waals surface area contributed by atoms with Crippen LogP contribution in [-0.2, 0) is 9.59 Å². The van der Waals surface area contributed by atoms with E-state index >= 15 is 0 Å². The minimum atomic E-state index is -0.788. The zero-order valence-corrected chi connectivity index (χ0v) is 15.9. The van der Waals surface area contributed by atoms with Crippen molar-refractivity contribution in [3.8, 4) is 11.5 Å². The number of ether oxygens (including phenoxy) is 2. The summed E-state index contributed by atoms with van der Waals surface area (Å²) in [4.78, 5) is 25.5. The van der Waals surface area contributed by atoms with E-state index in [1.165, 1.54) is 0 Å². The maximum absolute atomic E-state index is 12.4. The van der Waals surface area contributed by atoms with E-state index in [0.717, 1.165) is 24.1 Å². The lowest BCUT2D eigenvalue weighted by atomic mass is 9.98. The van der Waals surface area contributed by atoms with Crippen molar-refractivity contribution in [2.45, 2.75) is 32.7 Å². The van der Waals surface area contributed by atoms with Crippen LogP contribution in [0.4, 0.5) is 0 Å². The van der Waals surface area contributed by atoms with Gasteiger partial charge in [0.2, 0.25) is 5.91 Å². The van der Waals surface area contributed by atoms with Gasteiger partial charge < -0.3 is 19.9 Å². The summed E-state index contributed by atoms with van der Waals surface area (Å²) in [5, 5.41) is 12.2. The smallest absolute Gasteiger partial charge is 0.307 e. The molecular formula is C19H28N2O5. The van der Waals surface area contributed by atoms with E-state index in [4.69, 9.17) is 14.6 Å². The number of nitrogens with zero attached hydrogens (tertiary/aromatic N) is 1. The molecule has 1 aliphatic heterocycles. The first-order chi connectivity index (χ1) is 12.3. The number of hydrogen-bond acceptors (Lipinski definition) is 5. The summed E-state index contributed by atoms with van der Waals surface area (Å²) < 4.78 is 10.6. The van der Waals surface area contributed by atoms with Crippen molar-refractivity contribution in [1.82, 2.24) is 10.2 Å². The zero-order valence-electron chi connectivity index (χ0n) is 15.9. The highest BCUT2D eigenvalue weighted by atomic mass is 16.5. The number of carbonyl (C=O) groups is 2. The third kappa shape index (κ3) is 4.88. The van der Waals surface area contributed by atoms with Crippen LogP contribution < -0.4 is 14.8 Å². The number of carboxylic acids is 1. The van der Waals surface area contributed by atoms with Gasteiger partial charge in [0.25, 0.3) is 0 Å². The minimum Gasteiger partial charge on any atom is -0.493 e. The quantitative estimate of drug-likeness (QED) is 0.769. The molecule has 26 heavy (non-hydrogen) atoms. The summed E-state index contributed by atoms with van der Waals surface area (Å²) in [6.45, 7) is 5.26. The molecule has 0 spiro atoms. The topological polar surface area (TPSA) is 88.1 Å². The molecule has 1 fully saturated rings. The highest BCUT2D eigenvalue weighted by molar-refractivity contribution is 5.79. The van der Waals surface area contributed by atoms with E-state index in [0.29, 0.717) is 24.5 Å². The number of rotatable bonds is 7. The van der Waals surface area contributed by atoms with Gasteiger partial charge in [0.1, 0.15) is 0 Å². The minimum absolute atomic E-state index is 0.113. The second kappa shape index (κ2) is 8.89. The van der Waals surface area contributed by atoms with Gasteiger partial charge in [0, 0.05) is 6.54 Å². The molecule has 7 heteroatoms. The number of carbonyl (C=O) groups excluding carboxylic acids is 1. The van der Waals surface area contributed by atoms with Gasteiger partial charge in [-0.3, -0.25) is 14.5 Å². The SMILES string of the molecule is COc1cc(C)c(C(C)NC(=O)CN2CCCC(C(=O)O)C2)cc1OC. The standard InChI is InChI=1S/C19H28N2O5/c1-12-8-16(25-3)17(26-4)9-15(12)13(2)20-18(22)11-21-7-5-6-14(10-21)19(23)24/h8-9,13-14H,5-7,10-11H2,1-4H3,(H,20,22)(H,23,24). The summed E-state index contributed by atoms with van der Waals surface area (Å²) in [5.74, 6) is -0.0148. The number of methoxy groups -OCH3 is 2. The lowest BCUT2D eigenvalue weighted by molar-refractivity contribution is -0.144. The maximum atomic E-state index is 12.4. The fourth-order valence-corrected chi connectivity index (χ4v) is 3.43. The molecule has 144 valence electrons. The highest BCUT2D eigenvalue weighted by Gasteiger charge is 2.26. The summed E-state index contributed by atoms with van der Waals surface area (Å²) in [6.07, 6.45) is 1.48. The van der Waals surface area contributed by atoms with Gasteiger partial charge in [0.15, 0.2) is 11.5 Å². The molecule has 0 aromatic heterocycles. The Balaban J connectivity index is 1.99. The predicted molar refractivity (Wildman–Crippen MR) is 97.6 cm³/mol. The lowest BCUT2D eigenvalue weighted by Gasteiger charge is -2.30. The Labute approximate surface area is 154 Å². The van der Waals surface area contributed by atoms with Crippen molar-refractivity contribution < 1.29 is 24.2 Å². The first-order valence-corrected chi connectivity index (χ1v) is 8.82. The number of nitrogens with one attached hydrogen (secondary N) is 1. The number of aryl methyl sites for hydroxylation is 1. The molecular weight excluding hydrogens is 336 g/mol. The van der Waals surface area contributed by atoms with Gasteiger partial charge in [-0.25, -0.2) is 0 Å². The molecule has 1 aliphatic rings. The van der Waals surface area contributed by atoms with Crippen LogP contribution in [0.1, 0.15) is 36.9 Å². The molecule has 2 atom stereocenters. The van der Waals surface area contributed by atoms with Crippen molar-refractivity contribution in [3.05, 3.63) is 23.3 Å². The number of carboxylic acid groups (broad SMARTS) is 1. The monoisotopic (exact) mass is 364 g/mol. The first kappa shape index (κ1) is 20.0. The summed E-state index contributed by atoms with van der Waals surface area (Å²) in [6, 6.07) is 3.57. The van der Waals surface area contributed by atoms with Gasteiger partial charge in [-0.15, -0.1) is 0 Å². The Morgan fingerprint density at radius 3 is 2.58 bits per heavy atom. The summed E-state index contributed by atoms with van der Waals surface area (Å²) >= 11 is 0. The molecule has 1 amide bonds. The van der Waals surface area contributed by atoms with Crippen LogP contribution in [0, 0.1) is 12.8 Å². The maximum Gasteiger partial charge on any atom is 0.307 e. The van der Waals surface area contributed by atoms with Crippen LogP contribution in [0.2, 0.25) is 0 Å². The largest absolute Gasteiger partial charge is 0.493 e. The average Bonchev–Trinajstić information content (AvgIpc) is 2.61.